The molecule has 104 valence electrons. The minimum absolute atomic E-state index is 0.379. The Morgan fingerprint density at radius 2 is 1.56 bits per heavy atom. The van der Waals surface area contributed by atoms with Gasteiger partial charge in [0.1, 0.15) is 0 Å². The van der Waals surface area contributed by atoms with Gasteiger partial charge in [0, 0.05) is 25.1 Å². The number of hydrogen-bond acceptors (Lipinski definition) is 2. The van der Waals surface area contributed by atoms with E-state index in [9.17, 15) is 0 Å². The molecule has 2 nitrogen and oxygen atoms in total. The van der Waals surface area contributed by atoms with Crippen molar-refractivity contribution in [3.05, 3.63) is 0 Å². The van der Waals surface area contributed by atoms with Crippen molar-refractivity contribution in [3.8, 4) is 11.8 Å². The van der Waals surface area contributed by atoms with Crippen LogP contribution < -0.4 is 0 Å². The molecule has 1 saturated heterocycles. The molecular weight excluding hydrogens is 248 g/mol. The van der Waals surface area contributed by atoms with Crippen LogP contribution in [0.1, 0.15) is 58.3 Å². The zero-order valence-electron chi connectivity index (χ0n) is 11.5. The summed E-state index contributed by atoms with van der Waals surface area (Å²) >= 11 is 5.62. The Morgan fingerprint density at radius 3 is 2.28 bits per heavy atom. The number of unbranched alkanes of at least 4 members (excludes halogenated alkanes) is 5. The summed E-state index contributed by atoms with van der Waals surface area (Å²) in [5.41, 5.74) is 0. The van der Waals surface area contributed by atoms with Gasteiger partial charge in [-0.1, -0.05) is 19.3 Å². The summed E-state index contributed by atoms with van der Waals surface area (Å²) in [6.45, 7) is 3.43. The summed E-state index contributed by atoms with van der Waals surface area (Å²) in [6, 6.07) is 0. The third-order valence-corrected chi connectivity index (χ3v) is 3.43. The molecule has 0 aromatic heterocycles. The average molecular weight is 273 g/mol. The van der Waals surface area contributed by atoms with Crippen LogP contribution in [0, 0.1) is 11.8 Å². The Labute approximate surface area is 116 Å². The Kier molecular flexibility index (Phi) is 8.50. The van der Waals surface area contributed by atoms with Crippen LogP contribution in [-0.4, -0.2) is 24.9 Å². The van der Waals surface area contributed by atoms with Crippen LogP contribution in [0.4, 0.5) is 0 Å². The molecule has 0 aliphatic carbocycles. The summed E-state index contributed by atoms with van der Waals surface area (Å²) in [7, 11) is 0. The standard InChI is InChI=1S/C15H25ClO2/c1-15(17-13-14-18-15)11-9-7-5-3-2-4-6-8-10-12-16/h2-4,6,8-14H2,1H3. The summed E-state index contributed by atoms with van der Waals surface area (Å²) in [4.78, 5) is 0. The van der Waals surface area contributed by atoms with Gasteiger partial charge in [-0.3, -0.25) is 0 Å². The summed E-state index contributed by atoms with van der Waals surface area (Å²) in [5, 5.41) is 0. The monoisotopic (exact) mass is 272 g/mol. The van der Waals surface area contributed by atoms with Crippen molar-refractivity contribution in [2.45, 2.75) is 64.1 Å². The predicted octanol–water partition coefficient (Wildman–Crippen LogP) is 4.11. The third kappa shape index (κ3) is 7.26. The van der Waals surface area contributed by atoms with Crippen molar-refractivity contribution in [3.63, 3.8) is 0 Å². The highest BCUT2D eigenvalue weighted by Gasteiger charge is 2.29. The van der Waals surface area contributed by atoms with Gasteiger partial charge in [-0.05, 0) is 19.8 Å². The normalized spacial score (nSPS) is 17.4. The molecule has 0 amide bonds. The van der Waals surface area contributed by atoms with Gasteiger partial charge < -0.3 is 9.47 Å². The predicted molar refractivity (Wildman–Crippen MR) is 75.7 cm³/mol. The molecular formula is C15H25ClO2. The fraction of sp³-hybridized carbons (Fsp3) is 0.867. The van der Waals surface area contributed by atoms with Gasteiger partial charge in [0.15, 0.2) is 5.79 Å². The lowest BCUT2D eigenvalue weighted by molar-refractivity contribution is -0.145. The maximum absolute atomic E-state index is 5.62. The fourth-order valence-electron chi connectivity index (χ4n) is 2.01. The van der Waals surface area contributed by atoms with E-state index >= 15 is 0 Å². The second-order valence-corrected chi connectivity index (χ2v) is 5.27. The number of hydrogen-bond donors (Lipinski definition) is 0. The van der Waals surface area contributed by atoms with Gasteiger partial charge >= 0.3 is 0 Å². The average Bonchev–Trinajstić information content (AvgIpc) is 2.79. The summed E-state index contributed by atoms with van der Waals surface area (Å²) in [6.07, 6.45) is 8.91. The second-order valence-electron chi connectivity index (χ2n) is 4.89. The van der Waals surface area contributed by atoms with Crippen LogP contribution in [0.3, 0.4) is 0 Å². The van der Waals surface area contributed by atoms with Crippen LogP contribution in [-0.2, 0) is 9.47 Å². The van der Waals surface area contributed by atoms with Gasteiger partial charge in [0.2, 0.25) is 0 Å². The maximum Gasteiger partial charge on any atom is 0.166 e. The van der Waals surface area contributed by atoms with E-state index in [0.29, 0.717) is 13.2 Å². The molecule has 1 fully saturated rings. The minimum atomic E-state index is -0.379. The molecule has 0 unspecified atom stereocenters. The first kappa shape index (κ1) is 15.8. The molecule has 1 aliphatic rings. The molecule has 0 aromatic rings. The van der Waals surface area contributed by atoms with Crippen molar-refractivity contribution in [2.75, 3.05) is 19.1 Å². The lowest BCUT2D eigenvalue weighted by atomic mass is 10.1. The van der Waals surface area contributed by atoms with Crippen molar-refractivity contribution in [1.82, 2.24) is 0 Å². The van der Waals surface area contributed by atoms with Crippen LogP contribution in [0.2, 0.25) is 0 Å². The lowest BCUT2D eigenvalue weighted by Crippen LogP contribution is -2.24. The highest BCUT2D eigenvalue weighted by Crippen LogP contribution is 2.23. The Bertz CT molecular complexity index is 261. The zero-order chi connectivity index (χ0) is 13.1. The summed E-state index contributed by atoms with van der Waals surface area (Å²) < 4.78 is 11.0. The van der Waals surface area contributed by atoms with E-state index in [4.69, 9.17) is 21.1 Å². The highest BCUT2D eigenvalue weighted by molar-refractivity contribution is 6.17. The van der Waals surface area contributed by atoms with Gasteiger partial charge in [0.05, 0.1) is 13.2 Å². The van der Waals surface area contributed by atoms with E-state index in [2.05, 4.69) is 11.8 Å². The van der Waals surface area contributed by atoms with E-state index < -0.39 is 0 Å². The number of alkyl halides is 1. The first-order chi connectivity index (χ1) is 8.77. The van der Waals surface area contributed by atoms with E-state index in [1.54, 1.807) is 0 Å². The van der Waals surface area contributed by atoms with E-state index in [1.807, 2.05) is 6.92 Å². The van der Waals surface area contributed by atoms with E-state index in [1.165, 1.54) is 25.7 Å². The second kappa shape index (κ2) is 9.67. The Morgan fingerprint density at radius 1 is 0.944 bits per heavy atom. The topological polar surface area (TPSA) is 18.5 Å². The molecule has 1 rings (SSSR count). The largest absolute Gasteiger partial charge is 0.348 e. The van der Waals surface area contributed by atoms with Crippen molar-refractivity contribution >= 4 is 11.6 Å². The first-order valence-electron chi connectivity index (χ1n) is 7.06. The third-order valence-electron chi connectivity index (χ3n) is 3.16. The van der Waals surface area contributed by atoms with Crippen LogP contribution in [0.15, 0.2) is 0 Å². The number of halogens is 1. The molecule has 1 aliphatic heterocycles. The molecule has 0 spiro atoms. The van der Waals surface area contributed by atoms with Crippen molar-refractivity contribution in [1.29, 1.82) is 0 Å². The molecule has 18 heavy (non-hydrogen) atoms. The molecule has 0 N–H and O–H groups in total. The smallest absolute Gasteiger partial charge is 0.166 e. The zero-order valence-corrected chi connectivity index (χ0v) is 12.2. The maximum atomic E-state index is 5.62. The van der Waals surface area contributed by atoms with Gasteiger partial charge in [-0.2, -0.15) is 0 Å². The van der Waals surface area contributed by atoms with Gasteiger partial charge in [-0.25, -0.2) is 0 Å². The molecule has 1 heterocycles. The highest BCUT2D eigenvalue weighted by atomic mass is 35.5. The van der Waals surface area contributed by atoms with Gasteiger partial charge in [0.25, 0.3) is 0 Å². The molecule has 0 atom stereocenters. The van der Waals surface area contributed by atoms with Gasteiger partial charge in [-0.15, -0.1) is 23.4 Å². The number of ether oxygens (including phenoxy) is 2. The van der Waals surface area contributed by atoms with Crippen LogP contribution >= 0.6 is 11.6 Å². The quantitative estimate of drug-likeness (QED) is 0.376. The first-order valence-corrected chi connectivity index (χ1v) is 7.60. The molecule has 3 heteroatoms. The molecule has 0 saturated carbocycles. The molecule has 0 bridgehead atoms. The minimum Gasteiger partial charge on any atom is -0.348 e. The Balaban J connectivity index is 1.91. The van der Waals surface area contributed by atoms with Crippen LogP contribution in [0.5, 0.6) is 0 Å². The molecule has 0 aromatic carbocycles. The van der Waals surface area contributed by atoms with Crippen LogP contribution in [0.25, 0.3) is 0 Å². The lowest BCUT2D eigenvalue weighted by Gasteiger charge is -2.20. The summed E-state index contributed by atoms with van der Waals surface area (Å²) in [5.74, 6) is 6.85. The SMILES string of the molecule is CC1(CCC#CCCCCCCCCl)OCCO1. The number of rotatable bonds is 8. The van der Waals surface area contributed by atoms with Crippen molar-refractivity contribution in [2.24, 2.45) is 0 Å². The van der Waals surface area contributed by atoms with E-state index in [0.717, 1.165) is 31.6 Å². The van der Waals surface area contributed by atoms with E-state index in [-0.39, 0.29) is 5.79 Å². The molecule has 0 radical (unpaired) electrons. The fourth-order valence-corrected chi connectivity index (χ4v) is 2.19. The Hall–Kier alpha value is -0.230. The van der Waals surface area contributed by atoms with Crippen molar-refractivity contribution < 1.29 is 9.47 Å².